The van der Waals surface area contributed by atoms with Crippen molar-refractivity contribution in [3.05, 3.63) is 18.2 Å². The van der Waals surface area contributed by atoms with Crippen molar-refractivity contribution < 1.29 is 32.5 Å². The van der Waals surface area contributed by atoms with Gasteiger partial charge in [0.25, 0.3) is 10.0 Å². The third-order valence-corrected chi connectivity index (χ3v) is 4.85. The molecule has 2 rings (SSSR count). The third-order valence-electron chi connectivity index (χ3n) is 3.45. The quantitative estimate of drug-likeness (QED) is 0.702. The summed E-state index contributed by atoms with van der Waals surface area (Å²) in [6.45, 7) is 0.676. The lowest BCUT2D eigenvalue weighted by Gasteiger charge is -2.32. The number of hydrazine groups is 1. The summed E-state index contributed by atoms with van der Waals surface area (Å²) in [5, 5.41) is 10.2. The molecule has 24 heavy (non-hydrogen) atoms. The first-order valence-electron chi connectivity index (χ1n) is 7.18. The molecule has 0 spiro atoms. The number of carbonyl (C=O) groups is 1. The van der Waals surface area contributed by atoms with Gasteiger partial charge in [0.1, 0.15) is 16.4 Å². The standard InChI is InChI=1S/C14H20N2O7S/c1-21-10-3-4-12(22-2)13(7-10)24(19,20)15-16-5-6-23-11(9-16)8-14(17)18/h3-4,7,11,15H,5-6,8-9H2,1-2H3,(H,17,18)/t11-/m0/s1. The molecule has 1 aliphatic heterocycles. The number of nitrogens with one attached hydrogen (secondary N) is 1. The molecule has 0 aromatic heterocycles. The van der Waals surface area contributed by atoms with Crippen LogP contribution in [0, 0.1) is 0 Å². The van der Waals surface area contributed by atoms with E-state index in [9.17, 15) is 13.2 Å². The van der Waals surface area contributed by atoms with Crippen LogP contribution in [0.15, 0.2) is 23.1 Å². The summed E-state index contributed by atoms with van der Waals surface area (Å²) < 4.78 is 40.7. The van der Waals surface area contributed by atoms with Crippen molar-refractivity contribution in [2.24, 2.45) is 0 Å². The van der Waals surface area contributed by atoms with Gasteiger partial charge < -0.3 is 19.3 Å². The Balaban J connectivity index is 2.17. The highest BCUT2D eigenvalue weighted by Gasteiger charge is 2.28. The molecule has 0 unspecified atom stereocenters. The van der Waals surface area contributed by atoms with Crippen LogP contribution >= 0.6 is 0 Å². The fourth-order valence-electron chi connectivity index (χ4n) is 2.33. The van der Waals surface area contributed by atoms with Crippen LogP contribution in [0.1, 0.15) is 6.42 Å². The molecule has 1 heterocycles. The third kappa shape index (κ3) is 4.57. The molecule has 1 fully saturated rings. The van der Waals surface area contributed by atoms with Crippen molar-refractivity contribution in [1.29, 1.82) is 0 Å². The van der Waals surface area contributed by atoms with Crippen LogP contribution < -0.4 is 14.3 Å². The second-order valence-corrected chi connectivity index (χ2v) is 6.78. The lowest BCUT2D eigenvalue weighted by molar-refractivity contribution is -0.142. The van der Waals surface area contributed by atoms with E-state index < -0.39 is 22.1 Å². The number of rotatable bonds is 7. The molecular formula is C14H20N2O7S. The number of aliphatic carboxylic acids is 1. The minimum atomic E-state index is -3.92. The predicted molar refractivity (Wildman–Crippen MR) is 83.4 cm³/mol. The van der Waals surface area contributed by atoms with E-state index in [0.29, 0.717) is 12.3 Å². The van der Waals surface area contributed by atoms with Crippen molar-refractivity contribution in [3.63, 3.8) is 0 Å². The van der Waals surface area contributed by atoms with Gasteiger partial charge in [0, 0.05) is 19.2 Å². The van der Waals surface area contributed by atoms with Crippen LogP contribution in [0.2, 0.25) is 0 Å². The first-order valence-corrected chi connectivity index (χ1v) is 8.67. The second kappa shape index (κ2) is 7.79. The fourth-order valence-corrected chi connectivity index (χ4v) is 3.63. The Morgan fingerprint density at radius 3 is 2.79 bits per heavy atom. The number of benzene rings is 1. The molecule has 1 aromatic rings. The topological polar surface area (TPSA) is 114 Å². The van der Waals surface area contributed by atoms with Gasteiger partial charge in [-0.1, -0.05) is 0 Å². The number of methoxy groups -OCH3 is 2. The smallest absolute Gasteiger partial charge is 0.306 e. The summed E-state index contributed by atoms with van der Waals surface area (Å²) in [5.41, 5.74) is 0. The second-order valence-electron chi connectivity index (χ2n) is 5.15. The number of hydrogen-bond donors (Lipinski definition) is 2. The van der Waals surface area contributed by atoms with Gasteiger partial charge in [0.05, 0.1) is 33.4 Å². The summed E-state index contributed by atoms with van der Waals surface area (Å²) in [7, 11) is -1.11. The first-order chi connectivity index (χ1) is 11.4. The summed E-state index contributed by atoms with van der Waals surface area (Å²) in [6, 6.07) is 4.45. The molecule has 0 amide bonds. The lowest BCUT2D eigenvalue weighted by atomic mass is 10.2. The zero-order valence-electron chi connectivity index (χ0n) is 13.4. The van der Waals surface area contributed by atoms with Crippen LogP contribution in [0.5, 0.6) is 11.5 Å². The van der Waals surface area contributed by atoms with E-state index >= 15 is 0 Å². The monoisotopic (exact) mass is 360 g/mol. The fraction of sp³-hybridized carbons (Fsp3) is 0.500. The Morgan fingerprint density at radius 1 is 1.42 bits per heavy atom. The van der Waals surface area contributed by atoms with Crippen LogP contribution in [0.4, 0.5) is 0 Å². The average molecular weight is 360 g/mol. The van der Waals surface area contributed by atoms with Gasteiger partial charge in [-0.25, -0.2) is 13.4 Å². The van der Waals surface area contributed by atoms with Gasteiger partial charge in [0.2, 0.25) is 0 Å². The number of ether oxygens (including phenoxy) is 3. The molecule has 0 aliphatic carbocycles. The van der Waals surface area contributed by atoms with Crippen LogP contribution in [0.3, 0.4) is 0 Å². The molecule has 9 nitrogen and oxygen atoms in total. The average Bonchev–Trinajstić information content (AvgIpc) is 2.53. The number of hydrogen-bond acceptors (Lipinski definition) is 7. The maximum atomic E-state index is 12.6. The lowest BCUT2D eigenvalue weighted by Crippen LogP contribution is -2.51. The maximum absolute atomic E-state index is 12.6. The van der Waals surface area contributed by atoms with Crippen molar-refractivity contribution in [2.45, 2.75) is 17.4 Å². The Morgan fingerprint density at radius 2 is 2.17 bits per heavy atom. The molecule has 1 aromatic carbocycles. The van der Waals surface area contributed by atoms with Crippen molar-refractivity contribution in [3.8, 4) is 11.5 Å². The summed E-state index contributed by atoms with van der Waals surface area (Å²) in [5.74, 6) is -0.445. The SMILES string of the molecule is COc1ccc(OC)c(S(=O)(=O)NN2CCO[C@@H](CC(=O)O)C2)c1. The highest BCUT2D eigenvalue weighted by atomic mass is 32.2. The first kappa shape index (κ1) is 18.5. The number of carboxylic acid groups (broad SMARTS) is 1. The van der Waals surface area contributed by atoms with Gasteiger partial charge in [-0.15, -0.1) is 4.83 Å². The van der Waals surface area contributed by atoms with Gasteiger partial charge in [-0.3, -0.25) is 4.79 Å². The molecule has 0 radical (unpaired) electrons. The van der Waals surface area contributed by atoms with Crippen LogP contribution in [0.25, 0.3) is 0 Å². The van der Waals surface area contributed by atoms with E-state index in [0.717, 1.165) is 0 Å². The molecule has 2 N–H and O–H groups in total. The van der Waals surface area contributed by atoms with E-state index in [1.807, 2.05) is 0 Å². The minimum Gasteiger partial charge on any atom is -0.497 e. The van der Waals surface area contributed by atoms with Gasteiger partial charge in [-0.05, 0) is 12.1 Å². The Kier molecular flexibility index (Phi) is 5.99. The van der Waals surface area contributed by atoms with Crippen molar-refractivity contribution in [1.82, 2.24) is 9.84 Å². The summed E-state index contributed by atoms with van der Waals surface area (Å²) >= 11 is 0. The Labute approximate surface area is 140 Å². The highest BCUT2D eigenvalue weighted by molar-refractivity contribution is 7.89. The maximum Gasteiger partial charge on any atom is 0.306 e. The molecule has 10 heteroatoms. The van der Waals surface area contributed by atoms with E-state index in [4.69, 9.17) is 19.3 Å². The molecule has 0 saturated carbocycles. The van der Waals surface area contributed by atoms with Crippen LogP contribution in [-0.2, 0) is 19.6 Å². The van der Waals surface area contributed by atoms with Crippen LogP contribution in [-0.4, -0.2) is 64.5 Å². The number of sulfonamides is 1. The number of carboxylic acids is 1. The molecule has 1 atom stereocenters. The summed E-state index contributed by atoms with van der Waals surface area (Å²) in [4.78, 5) is 13.1. The predicted octanol–water partition coefficient (Wildman–Crippen LogP) is 0.0726. The Bertz CT molecular complexity index is 692. The largest absolute Gasteiger partial charge is 0.497 e. The van der Waals surface area contributed by atoms with Crippen molar-refractivity contribution >= 4 is 16.0 Å². The van der Waals surface area contributed by atoms with E-state index in [1.54, 1.807) is 6.07 Å². The minimum absolute atomic E-state index is 0.0642. The Hall–Kier alpha value is -1.88. The molecule has 134 valence electrons. The van der Waals surface area contributed by atoms with Gasteiger partial charge in [-0.2, -0.15) is 0 Å². The molecular weight excluding hydrogens is 340 g/mol. The van der Waals surface area contributed by atoms with E-state index in [2.05, 4.69) is 4.83 Å². The molecule has 1 saturated heterocycles. The normalized spacial score (nSPS) is 19.0. The van der Waals surface area contributed by atoms with Gasteiger partial charge in [0.15, 0.2) is 0 Å². The number of nitrogens with zero attached hydrogens (tertiary/aromatic N) is 1. The van der Waals surface area contributed by atoms with E-state index in [-0.39, 0.29) is 30.2 Å². The van der Waals surface area contributed by atoms with Gasteiger partial charge >= 0.3 is 5.97 Å². The molecule has 1 aliphatic rings. The number of morpholine rings is 1. The highest BCUT2D eigenvalue weighted by Crippen LogP contribution is 2.28. The van der Waals surface area contributed by atoms with Crippen molar-refractivity contribution in [2.75, 3.05) is 33.9 Å². The molecule has 0 bridgehead atoms. The van der Waals surface area contributed by atoms with E-state index in [1.165, 1.54) is 31.4 Å². The summed E-state index contributed by atoms with van der Waals surface area (Å²) in [6.07, 6.45) is -0.771. The zero-order chi connectivity index (χ0) is 17.7. The zero-order valence-corrected chi connectivity index (χ0v) is 14.2.